The van der Waals surface area contributed by atoms with Crippen LogP contribution >= 0.6 is 12.2 Å². The van der Waals surface area contributed by atoms with Gasteiger partial charge in [0, 0.05) is 12.8 Å². The van der Waals surface area contributed by atoms with E-state index in [2.05, 4.69) is 30.4 Å². The van der Waals surface area contributed by atoms with E-state index in [0.29, 0.717) is 12.5 Å². The zero-order valence-electron chi connectivity index (χ0n) is 13.1. The maximum atomic E-state index is 12.0. The first-order valence-electron chi connectivity index (χ1n) is 7.25. The van der Waals surface area contributed by atoms with Gasteiger partial charge in [-0.15, -0.1) is 6.58 Å². The van der Waals surface area contributed by atoms with E-state index < -0.39 is 5.56 Å². The van der Waals surface area contributed by atoms with Crippen molar-refractivity contribution in [3.05, 3.63) is 63.2 Å². The van der Waals surface area contributed by atoms with Crippen LogP contribution in [-0.4, -0.2) is 20.9 Å². The number of para-hydroxylation sites is 1. The van der Waals surface area contributed by atoms with Gasteiger partial charge in [-0.3, -0.25) is 19.3 Å². The summed E-state index contributed by atoms with van der Waals surface area (Å²) in [5, 5.41) is 10.3. The molecule has 23 heavy (non-hydrogen) atoms. The first-order valence-corrected chi connectivity index (χ1v) is 7.66. The van der Waals surface area contributed by atoms with Crippen molar-refractivity contribution in [1.29, 1.82) is 0 Å². The molecule has 2 rings (SSSR count). The van der Waals surface area contributed by atoms with Crippen molar-refractivity contribution in [2.24, 2.45) is 4.99 Å². The first-order chi connectivity index (χ1) is 11.0. The summed E-state index contributed by atoms with van der Waals surface area (Å²) in [6.07, 6.45) is 2.95. The smallest absolute Gasteiger partial charge is 0.264 e. The minimum Gasteiger partial charge on any atom is -0.494 e. The molecule has 0 spiro atoms. The van der Waals surface area contributed by atoms with Crippen molar-refractivity contribution < 1.29 is 5.11 Å². The van der Waals surface area contributed by atoms with Crippen molar-refractivity contribution >= 4 is 24.1 Å². The van der Waals surface area contributed by atoms with Gasteiger partial charge in [-0.05, 0) is 29.8 Å². The van der Waals surface area contributed by atoms with Crippen LogP contribution in [0.2, 0.25) is 0 Å². The number of rotatable bonds is 5. The lowest BCUT2D eigenvalue weighted by molar-refractivity contribution is 0.413. The van der Waals surface area contributed by atoms with E-state index in [4.69, 9.17) is 12.2 Å². The predicted octanol–water partition coefficient (Wildman–Crippen LogP) is 3.67. The van der Waals surface area contributed by atoms with Gasteiger partial charge in [0.25, 0.3) is 5.56 Å². The average molecular weight is 329 g/mol. The van der Waals surface area contributed by atoms with Gasteiger partial charge in [-0.25, -0.2) is 0 Å². The summed E-state index contributed by atoms with van der Waals surface area (Å²) in [5.41, 5.74) is 1.43. The number of aromatic hydroxyl groups is 1. The lowest BCUT2D eigenvalue weighted by Crippen LogP contribution is -2.18. The zero-order valence-corrected chi connectivity index (χ0v) is 13.9. The number of allylic oxidation sites excluding steroid dienone is 1. The number of aliphatic imine (C=N–C) groups is 1. The normalized spacial score (nSPS) is 11.3. The number of hydrogen-bond acceptors (Lipinski definition) is 4. The zero-order chi connectivity index (χ0) is 17.0. The molecule has 0 bridgehead atoms. The SMILES string of the molecule is C=CCn1c(O)c(C=Nc2ccccc2C(C)C)c(=O)[nH]c1=S. The van der Waals surface area contributed by atoms with Gasteiger partial charge in [-0.2, -0.15) is 0 Å². The fourth-order valence-electron chi connectivity index (χ4n) is 2.22. The summed E-state index contributed by atoms with van der Waals surface area (Å²) < 4.78 is 1.53. The van der Waals surface area contributed by atoms with Crippen LogP contribution in [0, 0.1) is 4.77 Å². The molecule has 120 valence electrons. The molecule has 0 atom stereocenters. The minimum atomic E-state index is -0.474. The van der Waals surface area contributed by atoms with Crippen molar-refractivity contribution in [2.45, 2.75) is 26.3 Å². The summed E-state index contributed by atoms with van der Waals surface area (Å²) in [7, 11) is 0. The van der Waals surface area contributed by atoms with E-state index in [0.717, 1.165) is 11.3 Å². The van der Waals surface area contributed by atoms with Crippen molar-refractivity contribution in [1.82, 2.24) is 9.55 Å². The molecular formula is C17H19N3O2S. The Labute approximate surface area is 139 Å². The average Bonchev–Trinajstić information content (AvgIpc) is 2.51. The van der Waals surface area contributed by atoms with Crippen molar-refractivity contribution in [3.8, 4) is 5.88 Å². The van der Waals surface area contributed by atoms with Crippen LogP contribution < -0.4 is 5.56 Å². The molecule has 0 aliphatic carbocycles. The van der Waals surface area contributed by atoms with E-state index in [-0.39, 0.29) is 16.2 Å². The van der Waals surface area contributed by atoms with Crippen molar-refractivity contribution in [2.75, 3.05) is 0 Å². The number of aromatic amines is 1. The monoisotopic (exact) mass is 329 g/mol. The van der Waals surface area contributed by atoms with E-state index >= 15 is 0 Å². The van der Waals surface area contributed by atoms with E-state index in [1.165, 1.54) is 10.8 Å². The highest BCUT2D eigenvalue weighted by molar-refractivity contribution is 7.71. The molecule has 0 saturated heterocycles. The number of benzene rings is 1. The second kappa shape index (κ2) is 7.19. The fourth-order valence-corrected chi connectivity index (χ4v) is 2.47. The fraction of sp³-hybridized carbons (Fsp3) is 0.235. The van der Waals surface area contributed by atoms with Crippen LogP contribution in [0.3, 0.4) is 0 Å². The topological polar surface area (TPSA) is 70.4 Å². The quantitative estimate of drug-likeness (QED) is 0.499. The van der Waals surface area contributed by atoms with Crippen molar-refractivity contribution in [3.63, 3.8) is 0 Å². The van der Waals surface area contributed by atoms with Gasteiger partial charge in [0.1, 0.15) is 5.56 Å². The second-order valence-corrected chi connectivity index (χ2v) is 5.75. The standard InChI is InChI=1S/C17H19N3O2S/c1-4-9-20-16(22)13(15(21)19-17(20)23)10-18-14-8-6-5-7-12(14)11(2)3/h4-8,10-11,22H,1,9H2,2-3H3,(H,19,21,23). The highest BCUT2D eigenvalue weighted by Crippen LogP contribution is 2.26. The third kappa shape index (κ3) is 3.65. The summed E-state index contributed by atoms with van der Waals surface area (Å²) >= 11 is 5.04. The molecule has 0 amide bonds. The predicted molar refractivity (Wildman–Crippen MR) is 95.5 cm³/mol. The Morgan fingerprint density at radius 2 is 2.13 bits per heavy atom. The third-order valence-corrected chi connectivity index (χ3v) is 3.73. The maximum Gasteiger partial charge on any atom is 0.264 e. The molecule has 2 N–H and O–H groups in total. The molecule has 0 aliphatic rings. The largest absolute Gasteiger partial charge is 0.494 e. The molecule has 0 radical (unpaired) electrons. The molecule has 0 saturated carbocycles. The molecule has 5 nitrogen and oxygen atoms in total. The van der Waals surface area contributed by atoms with E-state index in [1.807, 2.05) is 24.3 Å². The second-order valence-electron chi connectivity index (χ2n) is 5.37. The van der Waals surface area contributed by atoms with Gasteiger partial charge >= 0.3 is 0 Å². The van der Waals surface area contributed by atoms with Gasteiger partial charge in [-0.1, -0.05) is 38.1 Å². The maximum absolute atomic E-state index is 12.0. The number of aromatic nitrogens is 2. The van der Waals surface area contributed by atoms with Crippen LogP contribution in [-0.2, 0) is 6.54 Å². The Morgan fingerprint density at radius 1 is 1.43 bits per heavy atom. The molecule has 2 aromatic rings. The minimum absolute atomic E-state index is 0.0685. The summed E-state index contributed by atoms with van der Waals surface area (Å²) in [4.78, 5) is 18.9. The van der Waals surface area contributed by atoms with E-state index in [1.54, 1.807) is 6.08 Å². The highest BCUT2D eigenvalue weighted by Gasteiger charge is 2.10. The highest BCUT2D eigenvalue weighted by atomic mass is 32.1. The van der Waals surface area contributed by atoms with Gasteiger partial charge in [0.05, 0.1) is 5.69 Å². The molecular weight excluding hydrogens is 310 g/mol. The van der Waals surface area contributed by atoms with Gasteiger partial charge in [0.2, 0.25) is 5.88 Å². The van der Waals surface area contributed by atoms with Gasteiger partial charge < -0.3 is 5.11 Å². The first kappa shape index (κ1) is 16.9. The molecule has 0 unspecified atom stereocenters. The van der Waals surface area contributed by atoms with Gasteiger partial charge in [0.15, 0.2) is 4.77 Å². The molecule has 6 heteroatoms. The lowest BCUT2D eigenvalue weighted by atomic mass is 10.0. The van der Waals surface area contributed by atoms with Crippen LogP contribution in [0.4, 0.5) is 5.69 Å². The molecule has 1 heterocycles. The number of H-pyrrole nitrogens is 1. The van der Waals surface area contributed by atoms with Crippen LogP contribution in [0.1, 0.15) is 30.9 Å². The molecule has 0 fully saturated rings. The molecule has 0 aliphatic heterocycles. The Hall–Kier alpha value is -2.47. The Balaban J connectivity index is 2.53. The summed E-state index contributed by atoms with van der Waals surface area (Å²) in [6, 6.07) is 7.69. The Bertz CT molecular complexity index is 863. The summed E-state index contributed by atoms with van der Waals surface area (Å²) in [6.45, 7) is 8.05. The van der Waals surface area contributed by atoms with E-state index in [9.17, 15) is 9.90 Å². The third-order valence-electron chi connectivity index (χ3n) is 3.41. The lowest BCUT2D eigenvalue weighted by Gasteiger charge is -2.10. The van der Waals surface area contributed by atoms with Crippen LogP contribution in [0.5, 0.6) is 5.88 Å². The summed E-state index contributed by atoms with van der Waals surface area (Å²) in [5.74, 6) is 0.0837. The molecule has 1 aromatic carbocycles. The number of nitrogens with one attached hydrogen (secondary N) is 1. The number of nitrogens with zero attached hydrogens (tertiary/aromatic N) is 2. The Morgan fingerprint density at radius 3 is 2.78 bits per heavy atom. The Kier molecular flexibility index (Phi) is 5.28. The van der Waals surface area contributed by atoms with Crippen LogP contribution in [0.25, 0.3) is 0 Å². The number of hydrogen-bond donors (Lipinski definition) is 2. The molecule has 1 aromatic heterocycles. The van der Waals surface area contributed by atoms with Crippen LogP contribution in [0.15, 0.2) is 46.7 Å².